The number of halogens is 1. The molecule has 1 fully saturated rings. The van der Waals surface area contributed by atoms with Crippen LogP contribution in [0, 0.1) is 0 Å². The van der Waals surface area contributed by atoms with Crippen molar-refractivity contribution in [2.75, 3.05) is 18.8 Å². The van der Waals surface area contributed by atoms with Crippen LogP contribution in [0.4, 0.5) is 5.69 Å². The normalized spacial score (nSPS) is 16.0. The maximum atomic E-state index is 12.1. The molecule has 0 bridgehead atoms. The van der Waals surface area contributed by atoms with Crippen molar-refractivity contribution in [1.29, 1.82) is 0 Å². The van der Waals surface area contributed by atoms with E-state index in [0.717, 1.165) is 30.4 Å². The molecule has 1 aromatic rings. The second-order valence-electron chi connectivity index (χ2n) is 5.00. The predicted octanol–water partition coefficient (Wildman–Crippen LogP) is 1.77. The largest absolute Gasteiger partial charge is 0.399 e. The van der Waals surface area contributed by atoms with Crippen LogP contribution in [0.5, 0.6) is 0 Å². The lowest BCUT2D eigenvalue weighted by Gasteiger charge is -2.21. The minimum Gasteiger partial charge on any atom is -0.399 e. The molecule has 1 aromatic carbocycles. The molecule has 3 N–H and O–H groups in total. The molecule has 6 heteroatoms. The number of rotatable bonds is 3. The van der Waals surface area contributed by atoms with Crippen LogP contribution in [0.3, 0.4) is 0 Å². The molecule has 0 aromatic heterocycles. The first-order valence-corrected chi connectivity index (χ1v) is 7.42. The molecule has 2 amide bonds. The molecule has 1 unspecified atom stereocenters. The Morgan fingerprint density at radius 3 is 2.55 bits per heavy atom. The predicted molar refractivity (Wildman–Crippen MR) is 81.3 cm³/mol. The van der Waals surface area contributed by atoms with E-state index < -0.39 is 6.04 Å². The maximum absolute atomic E-state index is 12.1. The van der Waals surface area contributed by atoms with Gasteiger partial charge in [0.05, 0.1) is 0 Å². The number of nitrogen functional groups attached to an aromatic ring is 1. The molecule has 2 rings (SSSR count). The van der Waals surface area contributed by atoms with Gasteiger partial charge in [0.2, 0.25) is 5.91 Å². The summed E-state index contributed by atoms with van der Waals surface area (Å²) in [5, 5.41) is 2.72. The molecule has 1 atom stereocenters. The lowest BCUT2D eigenvalue weighted by molar-refractivity contribution is -0.131. The zero-order chi connectivity index (χ0) is 14.7. The molecule has 0 saturated carbocycles. The molecule has 0 spiro atoms. The number of hydrogen-bond donors (Lipinski definition) is 2. The summed E-state index contributed by atoms with van der Waals surface area (Å²) in [6.45, 7) is 3.27. The highest BCUT2D eigenvalue weighted by Crippen LogP contribution is 2.17. The third kappa shape index (κ3) is 3.50. The van der Waals surface area contributed by atoms with Gasteiger partial charge in [0, 0.05) is 28.8 Å². The molecule has 108 valence electrons. The SMILES string of the molecule is CC(NC(=O)c1cc(N)cc(Br)c1)C(=O)N1CCCC1. The number of nitrogens with zero attached hydrogens (tertiary/aromatic N) is 1. The van der Waals surface area contributed by atoms with Crippen LogP contribution in [-0.2, 0) is 4.79 Å². The first kappa shape index (κ1) is 14.8. The summed E-state index contributed by atoms with van der Waals surface area (Å²) in [5.74, 6) is -0.322. The lowest BCUT2D eigenvalue weighted by Crippen LogP contribution is -2.45. The standard InChI is InChI=1S/C14H18BrN3O2/c1-9(14(20)18-4-2-3-5-18)17-13(19)10-6-11(15)8-12(16)7-10/h6-9H,2-5,16H2,1H3,(H,17,19). The van der Waals surface area contributed by atoms with Crippen LogP contribution in [0.25, 0.3) is 0 Å². The molecule has 1 aliphatic heterocycles. The molecular formula is C14H18BrN3O2. The van der Waals surface area contributed by atoms with Crippen molar-refractivity contribution < 1.29 is 9.59 Å². The van der Waals surface area contributed by atoms with E-state index in [9.17, 15) is 9.59 Å². The third-order valence-electron chi connectivity index (χ3n) is 3.32. The second kappa shape index (κ2) is 6.26. The van der Waals surface area contributed by atoms with Gasteiger partial charge in [-0.1, -0.05) is 15.9 Å². The highest BCUT2D eigenvalue weighted by Gasteiger charge is 2.24. The number of carbonyl (C=O) groups excluding carboxylic acids is 2. The Balaban J connectivity index is 2.01. The van der Waals surface area contributed by atoms with E-state index in [4.69, 9.17) is 5.73 Å². The number of amides is 2. The molecule has 5 nitrogen and oxygen atoms in total. The van der Waals surface area contributed by atoms with Gasteiger partial charge in [-0.2, -0.15) is 0 Å². The van der Waals surface area contributed by atoms with Gasteiger partial charge in [-0.3, -0.25) is 9.59 Å². The Morgan fingerprint density at radius 2 is 1.95 bits per heavy atom. The summed E-state index contributed by atoms with van der Waals surface area (Å²) < 4.78 is 0.737. The quantitative estimate of drug-likeness (QED) is 0.824. The Labute approximate surface area is 126 Å². The summed E-state index contributed by atoms with van der Waals surface area (Å²) in [7, 11) is 0. The van der Waals surface area contributed by atoms with Gasteiger partial charge in [0.15, 0.2) is 0 Å². The van der Waals surface area contributed by atoms with E-state index in [-0.39, 0.29) is 11.8 Å². The van der Waals surface area contributed by atoms with E-state index >= 15 is 0 Å². The average Bonchev–Trinajstić information content (AvgIpc) is 2.90. The number of anilines is 1. The van der Waals surface area contributed by atoms with Crippen LogP contribution >= 0.6 is 15.9 Å². The van der Waals surface area contributed by atoms with E-state index in [1.165, 1.54) is 0 Å². The molecule has 1 aliphatic rings. The van der Waals surface area contributed by atoms with Crippen molar-refractivity contribution in [2.45, 2.75) is 25.8 Å². The number of benzene rings is 1. The first-order chi connectivity index (χ1) is 9.47. The molecular weight excluding hydrogens is 322 g/mol. The monoisotopic (exact) mass is 339 g/mol. The van der Waals surface area contributed by atoms with Crippen molar-refractivity contribution in [3.05, 3.63) is 28.2 Å². The fourth-order valence-corrected chi connectivity index (χ4v) is 2.81. The van der Waals surface area contributed by atoms with E-state index in [0.29, 0.717) is 11.3 Å². The van der Waals surface area contributed by atoms with Crippen LogP contribution < -0.4 is 11.1 Å². The summed E-state index contributed by atoms with van der Waals surface area (Å²) in [5.41, 5.74) is 6.65. The lowest BCUT2D eigenvalue weighted by atomic mass is 10.1. The maximum Gasteiger partial charge on any atom is 0.252 e. The summed E-state index contributed by atoms with van der Waals surface area (Å²) in [4.78, 5) is 26.0. The Morgan fingerprint density at radius 1 is 1.30 bits per heavy atom. The fourth-order valence-electron chi connectivity index (χ4n) is 2.30. The van der Waals surface area contributed by atoms with Gasteiger partial charge in [-0.05, 0) is 38.0 Å². The smallest absolute Gasteiger partial charge is 0.252 e. The van der Waals surface area contributed by atoms with Gasteiger partial charge in [0.1, 0.15) is 6.04 Å². The van der Waals surface area contributed by atoms with Crippen molar-refractivity contribution >= 4 is 33.4 Å². The zero-order valence-electron chi connectivity index (χ0n) is 11.4. The van der Waals surface area contributed by atoms with E-state index in [1.807, 2.05) is 0 Å². The molecule has 0 radical (unpaired) electrons. The van der Waals surface area contributed by atoms with Crippen molar-refractivity contribution in [1.82, 2.24) is 10.2 Å². The van der Waals surface area contributed by atoms with Gasteiger partial charge in [-0.15, -0.1) is 0 Å². The minimum atomic E-state index is -0.527. The minimum absolute atomic E-state index is 0.0289. The van der Waals surface area contributed by atoms with Gasteiger partial charge < -0.3 is 16.0 Å². The van der Waals surface area contributed by atoms with Crippen LogP contribution in [0.2, 0.25) is 0 Å². The van der Waals surface area contributed by atoms with Crippen LogP contribution in [-0.4, -0.2) is 35.8 Å². The summed E-state index contributed by atoms with van der Waals surface area (Å²) in [6.07, 6.45) is 2.07. The Kier molecular flexibility index (Phi) is 4.65. The van der Waals surface area contributed by atoms with E-state index in [1.54, 1.807) is 30.0 Å². The number of nitrogens with two attached hydrogens (primary N) is 1. The van der Waals surface area contributed by atoms with Crippen molar-refractivity contribution in [3.63, 3.8) is 0 Å². The van der Waals surface area contributed by atoms with Gasteiger partial charge in [-0.25, -0.2) is 0 Å². The van der Waals surface area contributed by atoms with Crippen LogP contribution in [0.1, 0.15) is 30.1 Å². The number of carbonyl (C=O) groups is 2. The summed E-state index contributed by atoms with van der Waals surface area (Å²) >= 11 is 3.30. The molecule has 1 heterocycles. The van der Waals surface area contributed by atoms with Gasteiger partial charge >= 0.3 is 0 Å². The highest BCUT2D eigenvalue weighted by atomic mass is 79.9. The Hall–Kier alpha value is -1.56. The second-order valence-corrected chi connectivity index (χ2v) is 5.92. The topological polar surface area (TPSA) is 75.4 Å². The number of likely N-dealkylation sites (tertiary alicyclic amines) is 1. The molecule has 0 aliphatic carbocycles. The third-order valence-corrected chi connectivity index (χ3v) is 3.78. The first-order valence-electron chi connectivity index (χ1n) is 6.63. The number of hydrogen-bond acceptors (Lipinski definition) is 3. The highest BCUT2D eigenvalue weighted by molar-refractivity contribution is 9.10. The van der Waals surface area contributed by atoms with Crippen LogP contribution in [0.15, 0.2) is 22.7 Å². The zero-order valence-corrected chi connectivity index (χ0v) is 12.9. The molecule has 20 heavy (non-hydrogen) atoms. The Bertz CT molecular complexity index is 507. The van der Waals surface area contributed by atoms with Crippen molar-refractivity contribution in [3.8, 4) is 0 Å². The van der Waals surface area contributed by atoms with Gasteiger partial charge in [0.25, 0.3) is 5.91 Å². The number of nitrogens with one attached hydrogen (secondary N) is 1. The molecule has 1 saturated heterocycles. The van der Waals surface area contributed by atoms with Crippen molar-refractivity contribution in [2.24, 2.45) is 0 Å². The summed E-state index contributed by atoms with van der Waals surface area (Å²) in [6, 6.07) is 4.46. The fraction of sp³-hybridized carbons (Fsp3) is 0.429. The van der Waals surface area contributed by atoms with E-state index in [2.05, 4.69) is 21.2 Å². The average molecular weight is 340 g/mol.